The highest BCUT2D eigenvalue weighted by Gasteiger charge is 2.22. The largest absolute Gasteiger partial charge is 0.345 e. The Kier molecular flexibility index (Phi) is 5.30. The zero-order valence-electron chi connectivity index (χ0n) is 18.0. The van der Waals surface area contributed by atoms with Crippen molar-refractivity contribution in [3.8, 4) is 11.3 Å². The van der Waals surface area contributed by atoms with Gasteiger partial charge in [-0.15, -0.1) is 0 Å². The molecule has 0 aliphatic carbocycles. The summed E-state index contributed by atoms with van der Waals surface area (Å²) in [4.78, 5) is 15.0. The quantitative estimate of drug-likeness (QED) is 0.631. The molecule has 2 N–H and O–H groups in total. The third kappa shape index (κ3) is 3.82. The number of rotatable bonds is 4. The van der Waals surface area contributed by atoms with Gasteiger partial charge >= 0.3 is 0 Å². The molecule has 0 fully saturated rings. The first-order valence-electron chi connectivity index (χ1n) is 10.8. The number of halogens is 2. The fourth-order valence-electron chi connectivity index (χ4n) is 4.16. The van der Waals surface area contributed by atoms with Crippen LogP contribution >= 0.6 is 0 Å². The van der Waals surface area contributed by atoms with E-state index in [0.29, 0.717) is 23.4 Å². The molecule has 0 radical (unpaired) electrons. The normalized spacial score (nSPS) is 15.0. The van der Waals surface area contributed by atoms with E-state index < -0.39 is 5.82 Å². The van der Waals surface area contributed by atoms with Crippen LogP contribution in [0.25, 0.3) is 11.3 Å². The standard InChI is InChI=1S/C24H24F2N6/c1-14(2)32-9-3-4-17-18(25)10-16(11-21(17)32)23-19(26)13-28-24(31-23)30-22-6-5-15-12-27-8-7-20(15)29-22/h3,5-6,9-11,13-14,27H,4,7-8,12H2,1-2H3,(H,28,29,30,31). The van der Waals surface area contributed by atoms with Gasteiger partial charge in [0.05, 0.1) is 6.20 Å². The molecule has 0 bridgehead atoms. The Morgan fingerprint density at radius 1 is 1.12 bits per heavy atom. The molecule has 5 rings (SSSR count). The minimum absolute atomic E-state index is 0.0459. The lowest BCUT2D eigenvalue weighted by molar-refractivity contribution is 0.608. The summed E-state index contributed by atoms with van der Waals surface area (Å²) >= 11 is 0. The average molecular weight is 434 g/mol. The summed E-state index contributed by atoms with van der Waals surface area (Å²) in [5, 5.41) is 6.37. The van der Waals surface area contributed by atoms with Gasteiger partial charge in [0, 0.05) is 54.3 Å². The predicted molar refractivity (Wildman–Crippen MR) is 121 cm³/mol. The Labute approximate surface area is 185 Å². The fraction of sp³-hybridized carbons (Fsp3) is 0.292. The summed E-state index contributed by atoms with van der Waals surface area (Å²) in [6, 6.07) is 7.13. The third-order valence-corrected chi connectivity index (χ3v) is 5.77. The van der Waals surface area contributed by atoms with Gasteiger partial charge in [0.15, 0.2) is 5.82 Å². The van der Waals surface area contributed by atoms with Crippen LogP contribution in [0.4, 0.5) is 26.2 Å². The summed E-state index contributed by atoms with van der Waals surface area (Å²) in [6.45, 7) is 5.73. The maximum absolute atomic E-state index is 14.9. The summed E-state index contributed by atoms with van der Waals surface area (Å²) in [7, 11) is 0. The maximum atomic E-state index is 14.9. The van der Waals surface area contributed by atoms with Crippen molar-refractivity contribution >= 4 is 17.5 Å². The van der Waals surface area contributed by atoms with Crippen LogP contribution in [0.2, 0.25) is 0 Å². The minimum Gasteiger partial charge on any atom is -0.345 e. The van der Waals surface area contributed by atoms with Gasteiger partial charge in [-0.3, -0.25) is 0 Å². The smallest absolute Gasteiger partial charge is 0.229 e. The molecular formula is C24H24F2N6. The summed E-state index contributed by atoms with van der Waals surface area (Å²) in [5.74, 6) is -0.177. The molecule has 0 amide bonds. The van der Waals surface area contributed by atoms with Crippen molar-refractivity contribution in [2.24, 2.45) is 0 Å². The van der Waals surface area contributed by atoms with E-state index in [1.54, 1.807) is 6.07 Å². The highest BCUT2D eigenvalue weighted by Crippen LogP contribution is 2.35. The molecular weight excluding hydrogens is 410 g/mol. The Morgan fingerprint density at radius 2 is 2.00 bits per heavy atom. The van der Waals surface area contributed by atoms with E-state index in [9.17, 15) is 8.78 Å². The molecule has 2 aliphatic heterocycles. The Morgan fingerprint density at radius 3 is 2.84 bits per heavy atom. The first-order chi connectivity index (χ1) is 15.5. The number of nitrogens with one attached hydrogen (secondary N) is 2. The van der Waals surface area contributed by atoms with Gasteiger partial charge in [-0.25, -0.2) is 23.7 Å². The van der Waals surface area contributed by atoms with E-state index in [1.807, 2.05) is 43.2 Å². The number of hydrogen-bond acceptors (Lipinski definition) is 6. The number of hydrogen-bond donors (Lipinski definition) is 2. The van der Waals surface area contributed by atoms with E-state index >= 15 is 0 Å². The summed E-state index contributed by atoms with van der Waals surface area (Å²) in [6.07, 6.45) is 6.32. The molecule has 2 aromatic heterocycles. The second kappa shape index (κ2) is 8.27. The van der Waals surface area contributed by atoms with Crippen LogP contribution in [0.5, 0.6) is 0 Å². The van der Waals surface area contributed by atoms with Crippen LogP contribution in [0.1, 0.15) is 30.7 Å². The van der Waals surface area contributed by atoms with Crippen molar-refractivity contribution in [2.45, 2.75) is 39.3 Å². The van der Waals surface area contributed by atoms with Gasteiger partial charge in [0.1, 0.15) is 17.3 Å². The number of nitrogens with zero attached hydrogens (tertiary/aromatic N) is 4. The molecule has 0 spiro atoms. The number of pyridine rings is 1. The highest BCUT2D eigenvalue weighted by molar-refractivity contribution is 5.72. The lowest BCUT2D eigenvalue weighted by Gasteiger charge is -2.30. The molecule has 164 valence electrons. The van der Waals surface area contributed by atoms with Gasteiger partial charge < -0.3 is 15.5 Å². The second-order valence-electron chi connectivity index (χ2n) is 8.29. The summed E-state index contributed by atoms with van der Waals surface area (Å²) in [5.41, 5.74) is 3.94. The first-order valence-corrected chi connectivity index (χ1v) is 10.8. The lowest BCUT2D eigenvalue weighted by atomic mass is 9.99. The molecule has 0 saturated carbocycles. The zero-order chi connectivity index (χ0) is 22.2. The van der Waals surface area contributed by atoms with Crippen molar-refractivity contribution in [1.82, 2.24) is 20.3 Å². The van der Waals surface area contributed by atoms with Crippen molar-refractivity contribution in [1.29, 1.82) is 0 Å². The van der Waals surface area contributed by atoms with Crippen LogP contribution in [0.15, 0.2) is 42.7 Å². The molecule has 4 heterocycles. The zero-order valence-corrected chi connectivity index (χ0v) is 18.0. The van der Waals surface area contributed by atoms with Gasteiger partial charge in [-0.2, -0.15) is 0 Å². The van der Waals surface area contributed by atoms with Gasteiger partial charge in [0.2, 0.25) is 5.95 Å². The van der Waals surface area contributed by atoms with Crippen molar-refractivity contribution in [2.75, 3.05) is 16.8 Å². The Bertz CT molecular complexity index is 1210. The Balaban J connectivity index is 1.50. The van der Waals surface area contributed by atoms with E-state index in [4.69, 9.17) is 0 Å². The number of allylic oxidation sites excluding steroid dienone is 1. The number of anilines is 3. The highest BCUT2D eigenvalue weighted by atomic mass is 19.1. The predicted octanol–water partition coefficient (Wildman–Crippen LogP) is 4.49. The molecule has 3 aromatic rings. The minimum atomic E-state index is -0.609. The molecule has 1 aromatic carbocycles. The van der Waals surface area contributed by atoms with Crippen molar-refractivity contribution < 1.29 is 8.78 Å². The molecule has 6 nitrogen and oxygen atoms in total. The number of benzene rings is 1. The van der Waals surface area contributed by atoms with Gasteiger partial charge in [0.25, 0.3) is 0 Å². The third-order valence-electron chi connectivity index (χ3n) is 5.77. The number of aromatic nitrogens is 3. The van der Waals surface area contributed by atoms with E-state index in [2.05, 4.69) is 25.6 Å². The van der Waals surface area contributed by atoms with Crippen LogP contribution in [-0.4, -0.2) is 27.5 Å². The Hall–Kier alpha value is -3.39. The average Bonchev–Trinajstić information content (AvgIpc) is 2.79. The van der Waals surface area contributed by atoms with Crippen LogP contribution < -0.4 is 15.5 Å². The van der Waals surface area contributed by atoms with Crippen LogP contribution in [0.3, 0.4) is 0 Å². The van der Waals surface area contributed by atoms with Crippen LogP contribution in [0, 0.1) is 11.6 Å². The molecule has 0 saturated heterocycles. The van der Waals surface area contributed by atoms with E-state index in [0.717, 1.165) is 42.7 Å². The van der Waals surface area contributed by atoms with Crippen molar-refractivity contribution in [3.63, 3.8) is 0 Å². The van der Waals surface area contributed by atoms with Crippen molar-refractivity contribution in [3.05, 3.63) is 71.2 Å². The maximum Gasteiger partial charge on any atom is 0.229 e. The lowest BCUT2D eigenvalue weighted by Crippen LogP contribution is -2.28. The van der Waals surface area contributed by atoms with Crippen LogP contribution in [-0.2, 0) is 19.4 Å². The monoisotopic (exact) mass is 434 g/mol. The second-order valence-corrected chi connectivity index (χ2v) is 8.29. The first kappa shape index (κ1) is 20.5. The molecule has 32 heavy (non-hydrogen) atoms. The topological polar surface area (TPSA) is 66.0 Å². The van der Waals surface area contributed by atoms with Gasteiger partial charge in [-0.1, -0.05) is 12.1 Å². The number of fused-ring (bicyclic) bond motifs is 2. The van der Waals surface area contributed by atoms with Gasteiger partial charge in [-0.05, 0) is 44.0 Å². The molecule has 2 aliphatic rings. The van der Waals surface area contributed by atoms with E-state index in [-0.39, 0.29) is 23.5 Å². The summed E-state index contributed by atoms with van der Waals surface area (Å²) < 4.78 is 29.6. The molecule has 0 atom stereocenters. The SMILES string of the molecule is CC(C)N1C=CCc2c(F)cc(-c3nc(Nc4ccc5c(n4)CCNC5)ncc3F)cc21. The fourth-order valence-corrected chi connectivity index (χ4v) is 4.16. The van der Waals surface area contributed by atoms with E-state index in [1.165, 1.54) is 6.07 Å². The molecule has 8 heteroatoms. The molecule has 0 unspecified atom stereocenters.